The van der Waals surface area contributed by atoms with Gasteiger partial charge in [-0.05, 0) is 37.3 Å². The molecule has 0 spiro atoms. The average molecular weight is 401 g/mol. The van der Waals surface area contributed by atoms with Crippen molar-refractivity contribution >= 4 is 5.91 Å². The van der Waals surface area contributed by atoms with E-state index in [1.54, 1.807) is 42.1 Å². The van der Waals surface area contributed by atoms with Gasteiger partial charge in [-0.3, -0.25) is 4.79 Å². The van der Waals surface area contributed by atoms with Crippen molar-refractivity contribution in [3.63, 3.8) is 0 Å². The Morgan fingerprint density at radius 2 is 1.90 bits per heavy atom. The highest BCUT2D eigenvalue weighted by Crippen LogP contribution is 2.25. The van der Waals surface area contributed by atoms with Gasteiger partial charge in [-0.1, -0.05) is 35.9 Å². The monoisotopic (exact) mass is 401 g/mol. The van der Waals surface area contributed by atoms with Gasteiger partial charge in [0.15, 0.2) is 5.76 Å². The van der Waals surface area contributed by atoms with Crippen LogP contribution in [0.25, 0.3) is 17.1 Å². The van der Waals surface area contributed by atoms with E-state index < -0.39 is 0 Å². The van der Waals surface area contributed by atoms with Crippen molar-refractivity contribution in [2.75, 3.05) is 14.2 Å². The summed E-state index contributed by atoms with van der Waals surface area (Å²) in [7, 11) is 3.41. The van der Waals surface area contributed by atoms with Crippen molar-refractivity contribution < 1.29 is 13.9 Å². The molecule has 152 valence electrons. The minimum Gasteiger partial charge on any atom is -0.496 e. The first kappa shape index (κ1) is 19.5. The molecule has 0 bridgehead atoms. The number of carbonyl (C=O) groups is 1. The number of aryl methyl sites for hydroxylation is 1. The minimum absolute atomic E-state index is 0.146. The third kappa shape index (κ3) is 3.85. The topological polar surface area (TPSA) is 60.5 Å². The summed E-state index contributed by atoms with van der Waals surface area (Å²) < 4.78 is 12.6. The molecule has 1 amide bonds. The molecule has 0 aliphatic rings. The van der Waals surface area contributed by atoms with Gasteiger partial charge in [-0.2, -0.15) is 5.10 Å². The maximum atomic E-state index is 13.4. The van der Waals surface area contributed by atoms with Crippen LogP contribution in [0.2, 0.25) is 0 Å². The van der Waals surface area contributed by atoms with Crippen LogP contribution in [-0.4, -0.2) is 34.7 Å². The maximum absolute atomic E-state index is 13.4. The molecule has 0 N–H and O–H groups in total. The number of rotatable bonds is 6. The largest absolute Gasteiger partial charge is 0.496 e. The third-order valence-corrected chi connectivity index (χ3v) is 4.89. The van der Waals surface area contributed by atoms with Crippen LogP contribution < -0.4 is 4.74 Å². The number of ether oxygens (including phenoxy) is 1. The Morgan fingerprint density at radius 1 is 1.10 bits per heavy atom. The van der Waals surface area contributed by atoms with Crippen LogP contribution in [0.15, 0.2) is 77.4 Å². The minimum atomic E-state index is -0.146. The van der Waals surface area contributed by atoms with Crippen molar-refractivity contribution in [3.8, 4) is 22.9 Å². The second-order valence-corrected chi connectivity index (χ2v) is 7.12. The van der Waals surface area contributed by atoms with E-state index in [0.717, 1.165) is 22.6 Å². The van der Waals surface area contributed by atoms with Crippen LogP contribution in [0.4, 0.5) is 0 Å². The van der Waals surface area contributed by atoms with Gasteiger partial charge in [0.25, 0.3) is 5.91 Å². The van der Waals surface area contributed by atoms with Crippen LogP contribution in [-0.2, 0) is 6.54 Å². The first-order chi connectivity index (χ1) is 14.6. The first-order valence-corrected chi connectivity index (χ1v) is 9.65. The van der Waals surface area contributed by atoms with Gasteiger partial charge in [0.2, 0.25) is 0 Å². The Morgan fingerprint density at radius 3 is 2.60 bits per heavy atom. The second-order valence-electron chi connectivity index (χ2n) is 7.12. The zero-order chi connectivity index (χ0) is 21.1. The maximum Gasteiger partial charge on any atom is 0.272 e. The highest BCUT2D eigenvalue weighted by Gasteiger charge is 2.22. The van der Waals surface area contributed by atoms with Gasteiger partial charge < -0.3 is 14.1 Å². The molecule has 2 heterocycles. The average Bonchev–Trinajstić information content (AvgIpc) is 3.44. The van der Waals surface area contributed by atoms with E-state index in [-0.39, 0.29) is 5.91 Å². The van der Waals surface area contributed by atoms with E-state index in [0.29, 0.717) is 23.7 Å². The molecule has 0 fully saturated rings. The normalized spacial score (nSPS) is 10.8. The predicted octanol–water partition coefficient (Wildman–Crippen LogP) is 4.72. The molecule has 0 radical (unpaired) electrons. The van der Waals surface area contributed by atoms with E-state index >= 15 is 0 Å². The number of furan rings is 1. The van der Waals surface area contributed by atoms with Crippen LogP contribution in [0.3, 0.4) is 0 Å². The van der Waals surface area contributed by atoms with Crippen molar-refractivity contribution in [2.24, 2.45) is 0 Å². The number of benzene rings is 2. The van der Waals surface area contributed by atoms with Gasteiger partial charge in [0.1, 0.15) is 17.1 Å². The number of para-hydroxylation sites is 1. The first-order valence-electron chi connectivity index (χ1n) is 9.65. The Hall–Kier alpha value is -3.80. The fourth-order valence-electron chi connectivity index (χ4n) is 3.40. The summed E-state index contributed by atoms with van der Waals surface area (Å²) in [6.07, 6.45) is 1.59. The standard InChI is InChI=1S/C24H23N3O3/c1-17-11-12-22(29-3)18(14-17)16-26(2)24(28)21-15-20(23-10-7-13-30-23)25-27(21)19-8-5-4-6-9-19/h4-15H,16H2,1-3H3. The van der Waals surface area contributed by atoms with Crippen LogP contribution in [0, 0.1) is 6.92 Å². The van der Waals surface area contributed by atoms with E-state index in [1.165, 1.54) is 0 Å². The molecule has 0 unspecified atom stereocenters. The van der Waals surface area contributed by atoms with Crippen LogP contribution in [0.5, 0.6) is 5.75 Å². The number of methoxy groups -OCH3 is 1. The van der Waals surface area contributed by atoms with Crippen molar-refractivity contribution in [1.29, 1.82) is 0 Å². The molecule has 0 saturated carbocycles. The van der Waals surface area contributed by atoms with Gasteiger partial charge in [-0.15, -0.1) is 0 Å². The van der Waals surface area contributed by atoms with E-state index in [1.807, 2.05) is 61.5 Å². The fraction of sp³-hybridized carbons (Fsp3) is 0.167. The molecule has 0 aliphatic heterocycles. The molecule has 30 heavy (non-hydrogen) atoms. The lowest BCUT2D eigenvalue weighted by Gasteiger charge is -2.19. The van der Waals surface area contributed by atoms with E-state index in [9.17, 15) is 4.79 Å². The van der Waals surface area contributed by atoms with E-state index in [2.05, 4.69) is 5.10 Å². The lowest BCUT2D eigenvalue weighted by molar-refractivity contribution is 0.0775. The highest BCUT2D eigenvalue weighted by molar-refractivity contribution is 5.94. The van der Waals surface area contributed by atoms with Crippen LogP contribution in [0.1, 0.15) is 21.6 Å². The van der Waals surface area contributed by atoms with Gasteiger partial charge in [0, 0.05) is 25.2 Å². The smallest absolute Gasteiger partial charge is 0.272 e. The van der Waals surface area contributed by atoms with Gasteiger partial charge >= 0.3 is 0 Å². The Bertz CT molecular complexity index is 1150. The number of nitrogens with zero attached hydrogens (tertiary/aromatic N) is 3. The molecule has 0 saturated heterocycles. The molecule has 0 atom stereocenters. The number of carbonyl (C=O) groups excluding carboxylic acids is 1. The zero-order valence-corrected chi connectivity index (χ0v) is 17.2. The summed E-state index contributed by atoms with van der Waals surface area (Å²) in [6, 6.07) is 20.9. The lowest BCUT2D eigenvalue weighted by atomic mass is 10.1. The summed E-state index contributed by atoms with van der Waals surface area (Å²) in [6.45, 7) is 2.44. The molecule has 6 heteroatoms. The van der Waals surface area contributed by atoms with Crippen molar-refractivity contribution in [1.82, 2.24) is 14.7 Å². The number of aromatic nitrogens is 2. The summed E-state index contributed by atoms with van der Waals surface area (Å²) in [5.41, 5.74) is 3.93. The Balaban J connectivity index is 1.70. The fourth-order valence-corrected chi connectivity index (χ4v) is 3.40. The quantitative estimate of drug-likeness (QED) is 0.469. The summed E-state index contributed by atoms with van der Waals surface area (Å²) >= 11 is 0. The molecule has 4 rings (SSSR count). The number of amides is 1. The summed E-state index contributed by atoms with van der Waals surface area (Å²) in [5.74, 6) is 1.22. The van der Waals surface area contributed by atoms with Gasteiger partial charge in [-0.25, -0.2) is 4.68 Å². The molecule has 6 nitrogen and oxygen atoms in total. The lowest BCUT2D eigenvalue weighted by Crippen LogP contribution is -2.28. The Kier molecular flexibility index (Phi) is 5.39. The van der Waals surface area contributed by atoms with Crippen LogP contribution >= 0.6 is 0 Å². The predicted molar refractivity (Wildman–Crippen MR) is 115 cm³/mol. The molecule has 0 aliphatic carbocycles. The number of hydrogen-bond donors (Lipinski definition) is 0. The van der Waals surface area contributed by atoms with Crippen molar-refractivity contribution in [3.05, 3.63) is 89.8 Å². The molecular formula is C24H23N3O3. The number of hydrogen-bond acceptors (Lipinski definition) is 4. The molecule has 4 aromatic rings. The molecular weight excluding hydrogens is 378 g/mol. The third-order valence-electron chi connectivity index (χ3n) is 4.89. The Labute approximate surface area is 175 Å². The van der Waals surface area contributed by atoms with Gasteiger partial charge in [0.05, 0.1) is 19.1 Å². The van der Waals surface area contributed by atoms with E-state index in [4.69, 9.17) is 9.15 Å². The second kappa shape index (κ2) is 8.29. The highest BCUT2D eigenvalue weighted by atomic mass is 16.5. The molecule has 2 aromatic carbocycles. The summed E-state index contributed by atoms with van der Waals surface area (Å²) in [4.78, 5) is 15.1. The zero-order valence-electron chi connectivity index (χ0n) is 17.2. The SMILES string of the molecule is COc1ccc(C)cc1CN(C)C(=O)c1cc(-c2ccco2)nn1-c1ccccc1. The summed E-state index contributed by atoms with van der Waals surface area (Å²) in [5, 5.41) is 4.63. The van der Waals surface area contributed by atoms with Crippen molar-refractivity contribution in [2.45, 2.75) is 13.5 Å². The molecule has 2 aromatic heterocycles.